The van der Waals surface area contributed by atoms with Crippen molar-refractivity contribution in [3.63, 3.8) is 0 Å². The number of halogens is 1. The first-order chi connectivity index (χ1) is 17.6. The fraction of sp³-hybridized carbons (Fsp3) is 0.500. The van der Waals surface area contributed by atoms with Crippen molar-refractivity contribution in [2.24, 2.45) is 0 Å². The Balaban J connectivity index is 1.73. The topological polar surface area (TPSA) is 80.3 Å². The fourth-order valence-electron chi connectivity index (χ4n) is 4.07. The molecule has 9 heteroatoms. The van der Waals surface area contributed by atoms with E-state index in [0.717, 1.165) is 25.7 Å². The second kappa shape index (κ2) is 12.7. The molecule has 1 N–H and O–H groups in total. The van der Waals surface area contributed by atoms with E-state index in [1.54, 1.807) is 55.9 Å². The summed E-state index contributed by atoms with van der Waals surface area (Å²) < 4.78 is 31.8. The number of hydrogen-bond donors (Lipinski definition) is 1. The first-order valence-electron chi connectivity index (χ1n) is 12.8. The maximum absolute atomic E-state index is 15.2. The second-order valence-corrected chi connectivity index (χ2v) is 10.0. The number of carbonyl (C=O) groups is 2. The molecule has 0 radical (unpaired) electrons. The molecule has 0 aliphatic carbocycles. The smallest absolute Gasteiger partial charge is 0.412 e. The van der Waals surface area contributed by atoms with E-state index >= 15 is 4.39 Å². The van der Waals surface area contributed by atoms with Crippen LogP contribution in [0.5, 0.6) is 11.5 Å². The van der Waals surface area contributed by atoms with Crippen molar-refractivity contribution in [1.29, 1.82) is 0 Å². The molecule has 0 saturated carbocycles. The number of methoxy groups -OCH3 is 1. The van der Waals surface area contributed by atoms with Crippen LogP contribution < -0.4 is 19.7 Å². The first kappa shape index (κ1) is 28.1. The number of urea groups is 1. The lowest BCUT2D eigenvalue weighted by Gasteiger charge is -2.36. The van der Waals surface area contributed by atoms with E-state index in [1.165, 1.54) is 6.07 Å². The van der Waals surface area contributed by atoms with E-state index in [-0.39, 0.29) is 18.3 Å². The van der Waals surface area contributed by atoms with Crippen LogP contribution in [0, 0.1) is 5.82 Å². The summed E-state index contributed by atoms with van der Waals surface area (Å²) in [5.74, 6) is 0.608. The van der Waals surface area contributed by atoms with Gasteiger partial charge in [-0.25, -0.2) is 14.0 Å². The highest BCUT2D eigenvalue weighted by Crippen LogP contribution is 2.33. The molecule has 3 rings (SSSR count). The average Bonchev–Trinajstić information content (AvgIpc) is 2.84. The SMILES string of the molecule is CCCCCOc1cc(N2CCCN(Cc3cccc(NC(=O)OC(C)(C)C)c3F)C2=O)ccc1OC. The number of carbonyl (C=O) groups excluding carboxylic acids is 2. The Bertz CT molecular complexity index is 1090. The maximum Gasteiger partial charge on any atom is 0.412 e. The molecule has 8 nitrogen and oxygen atoms in total. The molecule has 0 aromatic heterocycles. The highest BCUT2D eigenvalue weighted by atomic mass is 19.1. The molecule has 0 atom stereocenters. The number of rotatable bonds is 10. The average molecular weight is 516 g/mol. The van der Waals surface area contributed by atoms with Gasteiger partial charge in [-0.15, -0.1) is 0 Å². The third-order valence-corrected chi connectivity index (χ3v) is 5.85. The van der Waals surface area contributed by atoms with Crippen molar-refractivity contribution in [2.75, 3.05) is 37.0 Å². The van der Waals surface area contributed by atoms with Crippen LogP contribution in [0.4, 0.5) is 25.4 Å². The van der Waals surface area contributed by atoms with Crippen LogP contribution in [-0.4, -0.2) is 49.4 Å². The van der Waals surface area contributed by atoms with Crippen LogP contribution in [0.15, 0.2) is 36.4 Å². The van der Waals surface area contributed by atoms with Crippen LogP contribution in [0.2, 0.25) is 0 Å². The highest BCUT2D eigenvalue weighted by Gasteiger charge is 2.29. The lowest BCUT2D eigenvalue weighted by molar-refractivity contribution is 0.0635. The van der Waals surface area contributed by atoms with Crippen molar-refractivity contribution in [3.8, 4) is 11.5 Å². The number of anilines is 2. The highest BCUT2D eigenvalue weighted by molar-refractivity contribution is 5.93. The largest absolute Gasteiger partial charge is 0.493 e. The van der Waals surface area contributed by atoms with Crippen LogP contribution >= 0.6 is 0 Å². The van der Waals surface area contributed by atoms with E-state index in [1.807, 2.05) is 12.1 Å². The van der Waals surface area contributed by atoms with Gasteiger partial charge in [-0.2, -0.15) is 0 Å². The maximum atomic E-state index is 15.2. The Labute approximate surface area is 218 Å². The van der Waals surface area contributed by atoms with Gasteiger partial charge in [0.15, 0.2) is 17.3 Å². The van der Waals surface area contributed by atoms with Gasteiger partial charge in [-0.05, 0) is 51.8 Å². The van der Waals surface area contributed by atoms with Gasteiger partial charge in [0, 0.05) is 30.4 Å². The molecule has 0 bridgehead atoms. The summed E-state index contributed by atoms with van der Waals surface area (Å²) in [6.45, 7) is 9.01. The zero-order valence-electron chi connectivity index (χ0n) is 22.4. The Kier molecular flexibility index (Phi) is 9.60. The van der Waals surface area contributed by atoms with E-state index in [2.05, 4.69) is 12.2 Å². The van der Waals surface area contributed by atoms with E-state index < -0.39 is 17.5 Å². The normalized spacial score (nSPS) is 13.9. The van der Waals surface area contributed by atoms with Crippen molar-refractivity contribution in [1.82, 2.24) is 4.90 Å². The van der Waals surface area contributed by atoms with Crippen molar-refractivity contribution in [2.45, 2.75) is 65.5 Å². The standard InChI is InChI=1S/C28H38FN3O5/c1-6-7-8-17-36-24-18-21(13-14-23(24)35-5)32-16-10-15-31(27(32)34)19-20-11-9-12-22(25(20)29)30-26(33)37-28(2,3)4/h9,11-14,18H,6-8,10,15-17,19H2,1-5H3,(H,30,33). The number of amides is 3. The van der Waals surface area contributed by atoms with Crippen LogP contribution in [0.3, 0.4) is 0 Å². The van der Waals surface area contributed by atoms with Crippen molar-refractivity contribution >= 4 is 23.5 Å². The quantitative estimate of drug-likeness (QED) is 0.362. The predicted octanol–water partition coefficient (Wildman–Crippen LogP) is 6.58. The summed E-state index contributed by atoms with van der Waals surface area (Å²) in [6, 6.07) is 9.93. The monoisotopic (exact) mass is 515 g/mol. The third-order valence-electron chi connectivity index (χ3n) is 5.85. The zero-order chi connectivity index (χ0) is 27.0. The number of unbranched alkanes of at least 4 members (excludes halogenated alkanes) is 2. The molecule has 2 aromatic rings. The molecule has 0 unspecified atom stereocenters. The van der Waals surface area contributed by atoms with Crippen molar-refractivity contribution < 1.29 is 28.2 Å². The summed E-state index contributed by atoms with van der Waals surface area (Å²) in [5, 5.41) is 2.46. The molecule has 1 aliphatic heterocycles. The van der Waals surface area contributed by atoms with Gasteiger partial charge < -0.3 is 19.1 Å². The third kappa shape index (κ3) is 7.74. The van der Waals surface area contributed by atoms with Gasteiger partial charge in [-0.1, -0.05) is 31.9 Å². The van der Waals surface area contributed by atoms with Gasteiger partial charge in [0.2, 0.25) is 0 Å². The zero-order valence-corrected chi connectivity index (χ0v) is 22.4. The molecule has 3 amide bonds. The van der Waals surface area contributed by atoms with Gasteiger partial charge in [-0.3, -0.25) is 10.2 Å². The lowest BCUT2D eigenvalue weighted by atomic mass is 10.1. The summed E-state index contributed by atoms with van der Waals surface area (Å²) in [6.07, 6.45) is 3.09. The number of benzene rings is 2. The lowest BCUT2D eigenvalue weighted by Crippen LogP contribution is -2.49. The summed E-state index contributed by atoms with van der Waals surface area (Å²) in [5.41, 5.74) is 0.303. The summed E-state index contributed by atoms with van der Waals surface area (Å²) >= 11 is 0. The molecule has 37 heavy (non-hydrogen) atoms. The molecule has 1 fully saturated rings. The molecular weight excluding hydrogens is 477 g/mol. The predicted molar refractivity (Wildman–Crippen MR) is 142 cm³/mol. The second-order valence-electron chi connectivity index (χ2n) is 10.0. The van der Waals surface area contributed by atoms with Gasteiger partial charge in [0.1, 0.15) is 5.60 Å². The molecule has 1 saturated heterocycles. The molecule has 1 aliphatic rings. The van der Waals surface area contributed by atoms with Crippen molar-refractivity contribution in [3.05, 3.63) is 47.8 Å². The number of ether oxygens (including phenoxy) is 3. The van der Waals surface area contributed by atoms with Gasteiger partial charge in [0.25, 0.3) is 0 Å². The van der Waals surface area contributed by atoms with E-state index in [4.69, 9.17) is 14.2 Å². The van der Waals surface area contributed by atoms with E-state index in [9.17, 15) is 9.59 Å². The van der Waals surface area contributed by atoms with Crippen LogP contribution in [0.1, 0.15) is 58.9 Å². The minimum absolute atomic E-state index is 0.00748. The first-order valence-corrected chi connectivity index (χ1v) is 12.8. The Hall–Kier alpha value is -3.49. The molecular formula is C28H38FN3O5. The van der Waals surface area contributed by atoms with Crippen LogP contribution in [-0.2, 0) is 11.3 Å². The van der Waals surface area contributed by atoms with Crippen LogP contribution in [0.25, 0.3) is 0 Å². The van der Waals surface area contributed by atoms with Gasteiger partial charge in [0.05, 0.1) is 25.9 Å². The number of nitrogens with zero attached hydrogens (tertiary/aromatic N) is 2. The minimum Gasteiger partial charge on any atom is -0.493 e. The minimum atomic E-state index is -0.740. The molecule has 202 valence electrons. The Morgan fingerprint density at radius 3 is 2.59 bits per heavy atom. The number of hydrogen-bond acceptors (Lipinski definition) is 5. The molecule has 1 heterocycles. The van der Waals surface area contributed by atoms with E-state index in [0.29, 0.717) is 42.4 Å². The number of nitrogens with one attached hydrogen (secondary N) is 1. The summed E-state index contributed by atoms with van der Waals surface area (Å²) in [4.78, 5) is 28.8. The Morgan fingerprint density at radius 1 is 1.11 bits per heavy atom. The fourth-order valence-corrected chi connectivity index (χ4v) is 4.07. The Morgan fingerprint density at radius 2 is 1.89 bits per heavy atom. The summed E-state index contributed by atoms with van der Waals surface area (Å²) in [7, 11) is 1.59. The molecule has 2 aromatic carbocycles. The molecule has 0 spiro atoms. The van der Waals surface area contributed by atoms with Gasteiger partial charge >= 0.3 is 12.1 Å².